The first-order valence-electron chi connectivity index (χ1n) is 9.79. The molecular weight excluding hydrogens is 481 g/mol. The molecule has 2 N–H and O–H groups in total. The van der Waals surface area contributed by atoms with Gasteiger partial charge in [-0.2, -0.15) is 22.6 Å². The van der Waals surface area contributed by atoms with E-state index < -0.39 is 44.7 Å². The van der Waals surface area contributed by atoms with Crippen LogP contribution < -0.4 is 5.32 Å². The molecule has 0 bridgehead atoms. The molecule has 12 heteroatoms. The minimum absolute atomic E-state index is 0.0257. The summed E-state index contributed by atoms with van der Waals surface area (Å²) in [5, 5.41) is 8.12. The minimum atomic E-state index is -4.72. The number of hydrogen-bond acceptors (Lipinski definition) is 4. The monoisotopic (exact) mass is 498 g/mol. The second kappa shape index (κ2) is 8.81. The fourth-order valence-corrected chi connectivity index (χ4v) is 5.57. The second-order valence-corrected chi connectivity index (χ2v) is 9.83. The standard InChI is InChI=1S/C21H18ClF3N4O3S/c22-19-15(7-4-8-17(19)21(23,24)25)20(30)28-18-12-29(33(31,32)14-9-26-27-10-14)11-16(18)13-5-2-1-3-6-13/h1-10,16,18H,11-12H2,(H,26,27)(H,28,30)/t16-,18+/m1/s1. The number of aromatic nitrogens is 2. The van der Waals surface area contributed by atoms with Crippen molar-refractivity contribution in [3.05, 3.63) is 82.6 Å². The number of rotatable bonds is 5. The third-order valence-electron chi connectivity index (χ3n) is 5.49. The van der Waals surface area contributed by atoms with Gasteiger partial charge in [-0.1, -0.05) is 48.0 Å². The topological polar surface area (TPSA) is 95.2 Å². The summed E-state index contributed by atoms with van der Waals surface area (Å²) >= 11 is 5.90. The van der Waals surface area contributed by atoms with Gasteiger partial charge in [-0.25, -0.2) is 8.42 Å². The maximum absolute atomic E-state index is 13.2. The van der Waals surface area contributed by atoms with Crippen LogP contribution in [0.15, 0.2) is 65.8 Å². The summed E-state index contributed by atoms with van der Waals surface area (Å²) in [5.74, 6) is -1.25. The number of alkyl halides is 3. The average Bonchev–Trinajstić information content (AvgIpc) is 3.45. The highest BCUT2D eigenvalue weighted by Crippen LogP contribution is 2.37. The number of H-pyrrole nitrogens is 1. The van der Waals surface area contributed by atoms with Gasteiger partial charge in [0.2, 0.25) is 10.0 Å². The van der Waals surface area contributed by atoms with Crippen LogP contribution in [0.25, 0.3) is 0 Å². The molecule has 2 aromatic carbocycles. The number of aromatic amines is 1. The maximum Gasteiger partial charge on any atom is 0.417 e. The van der Waals surface area contributed by atoms with E-state index in [1.165, 1.54) is 22.8 Å². The minimum Gasteiger partial charge on any atom is -0.347 e. The molecule has 1 aromatic heterocycles. The van der Waals surface area contributed by atoms with Gasteiger partial charge in [0.05, 0.1) is 28.4 Å². The average molecular weight is 499 g/mol. The number of benzene rings is 2. The van der Waals surface area contributed by atoms with Crippen LogP contribution in [0.2, 0.25) is 5.02 Å². The Hall–Kier alpha value is -2.89. The van der Waals surface area contributed by atoms with E-state index >= 15 is 0 Å². The SMILES string of the molecule is O=C(N[C@H]1CN(S(=O)(=O)c2cn[nH]c2)C[C@@H]1c1ccccc1)c1cccc(C(F)(F)F)c1Cl. The van der Waals surface area contributed by atoms with Gasteiger partial charge < -0.3 is 5.32 Å². The summed E-state index contributed by atoms with van der Waals surface area (Å²) in [6.07, 6.45) is -2.29. The van der Waals surface area contributed by atoms with Crippen molar-refractivity contribution in [3.8, 4) is 0 Å². The molecule has 1 saturated heterocycles. The summed E-state index contributed by atoms with van der Waals surface area (Å²) < 4.78 is 66.8. The Kier molecular flexibility index (Phi) is 6.21. The van der Waals surface area contributed by atoms with Crippen LogP contribution in [-0.4, -0.2) is 48.0 Å². The van der Waals surface area contributed by atoms with Gasteiger partial charge in [-0.3, -0.25) is 9.89 Å². The molecule has 0 radical (unpaired) electrons. The van der Waals surface area contributed by atoms with Gasteiger partial charge in [0, 0.05) is 25.2 Å². The van der Waals surface area contributed by atoms with E-state index in [1.54, 1.807) is 30.3 Å². The maximum atomic E-state index is 13.2. The van der Waals surface area contributed by atoms with Crippen LogP contribution in [0.1, 0.15) is 27.4 Å². The fraction of sp³-hybridized carbons (Fsp3) is 0.238. The zero-order valence-corrected chi connectivity index (χ0v) is 18.5. The molecular formula is C21H18ClF3N4O3S. The van der Waals surface area contributed by atoms with E-state index in [1.807, 2.05) is 0 Å². The first-order chi connectivity index (χ1) is 15.6. The van der Waals surface area contributed by atoms with Gasteiger partial charge in [-0.05, 0) is 17.7 Å². The third-order valence-corrected chi connectivity index (χ3v) is 7.69. The predicted octanol–water partition coefficient (Wildman–Crippen LogP) is 3.67. The zero-order chi connectivity index (χ0) is 23.8. The van der Waals surface area contributed by atoms with Crippen molar-refractivity contribution in [3.63, 3.8) is 0 Å². The number of nitrogens with zero attached hydrogens (tertiary/aromatic N) is 2. The van der Waals surface area contributed by atoms with Gasteiger partial charge in [-0.15, -0.1) is 0 Å². The Morgan fingerprint density at radius 2 is 1.85 bits per heavy atom. The van der Waals surface area contributed by atoms with Crippen LogP contribution >= 0.6 is 11.6 Å². The highest BCUT2D eigenvalue weighted by molar-refractivity contribution is 7.89. The summed E-state index contributed by atoms with van der Waals surface area (Å²) in [7, 11) is -3.89. The number of carbonyl (C=O) groups excluding carboxylic acids is 1. The van der Waals surface area contributed by atoms with Crippen molar-refractivity contribution in [2.45, 2.75) is 23.0 Å². The molecule has 3 aromatic rings. The Labute approximate surface area is 192 Å². The summed E-state index contributed by atoms with van der Waals surface area (Å²) in [4.78, 5) is 12.9. The number of hydrogen-bond donors (Lipinski definition) is 2. The molecule has 2 heterocycles. The Morgan fingerprint density at radius 3 is 2.48 bits per heavy atom. The molecule has 2 atom stereocenters. The van der Waals surface area contributed by atoms with Gasteiger partial charge in [0.15, 0.2) is 0 Å². The van der Waals surface area contributed by atoms with Crippen molar-refractivity contribution >= 4 is 27.5 Å². The molecule has 7 nitrogen and oxygen atoms in total. The van der Waals surface area contributed by atoms with E-state index in [0.717, 1.165) is 17.7 Å². The van der Waals surface area contributed by atoms with Gasteiger partial charge in [0.25, 0.3) is 5.91 Å². The molecule has 1 fully saturated rings. The Bertz CT molecular complexity index is 1250. The quantitative estimate of drug-likeness (QED) is 0.561. The normalized spacial score (nSPS) is 19.5. The lowest BCUT2D eigenvalue weighted by Gasteiger charge is -2.21. The molecule has 0 aliphatic carbocycles. The van der Waals surface area contributed by atoms with E-state index in [9.17, 15) is 26.4 Å². The highest BCUT2D eigenvalue weighted by Gasteiger charge is 2.42. The number of sulfonamides is 1. The summed E-state index contributed by atoms with van der Waals surface area (Å²) in [6.45, 7) is -0.00576. The van der Waals surface area contributed by atoms with Gasteiger partial charge >= 0.3 is 6.18 Å². The molecule has 174 valence electrons. The van der Waals surface area contributed by atoms with Crippen molar-refractivity contribution in [2.75, 3.05) is 13.1 Å². The number of carbonyl (C=O) groups is 1. The summed E-state index contributed by atoms with van der Waals surface area (Å²) in [6, 6.07) is 11.4. The molecule has 1 aliphatic rings. The van der Waals surface area contributed by atoms with Crippen molar-refractivity contribution in [1.82, 2.24) is 19.8 Å². The first kappa shape index (κ1) is 23.3. The lowest BCUT2D eigenvalue weighted by molar-refractivity contribution is -0.137. The number of nitrogens with one attached hydrogen (secondary N) is 2. The lowest BCUT2D eigenvalue weighted by atomic mass is 9.94. The molecule has 0 saturated carbocycles. The van der Waals surface area contributed by atoms with Crippen LogP contribution in [0, 0.1) is 0 Å². The second-order valence-electron chi connectivity index (χ2n) is 7.52. The van der Waals surface area contributed by atoms with E-state index in [4.69, 9.17) is 11.6 Å². The molecule has 1 aliphatic heterocycles. The third kappa shape index (κ3) is 4.61. The molecule has 1 amide bonds. The van der Waals surface area contributed by atoms with Crippen LogP contribution in [0.3, 0.4) is 0 Å². The molecule has 0 spiro atoms. The first-order valence-corrected chi connectivity index (χ1v) is 11.6. The van der Waals surface area contributed by atoms with E-state index in [0.29, 0.717) is 0 Å². The van der Waals surface area contributed by atoms with Crippen LogP contribution in [-0.2, 0) is 16.2 Å². The number of amides is 1. The van der Waals surface area contributed by atoms with Crippen molar-refractivity contribution in [1.29, 1.82) is 0 Å². The zero-order valence-electron chi connectivity index (χ0n) is 16.9. The van der Waals surface area contributed by atoms with Crippen LogP contribution in [0.4, 0.5) is 13.2 Å². The van der Waals surface area contributed by atoms with Gasteiger partial charge in [0.1, 0.15) is 4.90 Å². The van der Waals surface area contributed by atoms with E-state index in [-0.39, 0.29) is 23.5 Å². The number of halogens is 4. The predicted molar refractivity (Wildman–Crippen MR) is 114 cm³/mol. The largest absolute Gasteiger partial charge is 0.417 e. The smallest absolute Gasteiger partial charge is 0.347 e. The fourth-order valence-electron chi connectivity index (χ4n) is 3.85. The Morgan fingerprint density at radius 1 is 1.12 bits per heavy atom. The van der Waals surface area contributed by atoms with E-state index in [2.05, 4.69) is 15.5 Å². The molecule has 4 rings (SSSR count). The lowest BCUT2D eigenvalue weighted by Crippen LogP contribution is -2.40. The van der Waals surface area contributed by atoms with Crippen molar-refractivity contribution < 1.29 is 26.4 Å². The molecule has 0 unspecified atom stereocenters. The highest BCUT2D eigenvalue weighted by atomic mass is 35.5. The Balaban J connectivity index is 1.64. The summed E-state index contributed by atoms with van der Waals surface area (Å²) in [5.41, 5.74) is -0.677. The molecule has 33 heavy (non-hydrogen) atoms. The van der Waals surface area contributed by atoms with Crippen molar-refractivity contribution in [2.24, 2.45) is 0 Å². The van der Waals surface area contributed by atoms with Crippen LogP contribution in [0.5, 0.6) is 0 Å².